The van der Waals surface area contributed by atoms with E-state index >= 15 is 0 Å². The van der Waals surface area contributed by atoms with Gasteiger partial charge in [0.15, 0.2) is 0 Å². The fourth-order valence-electron chi connectivity index (χ4n) is 2.32. The second-order valence-corrected chi connectivity index (χ2v) is 5.56. The van der Waals surface area contributed by atoms with Crippen molar-refractivity contribution in [3.05, 3.63) is 34.9 Å². The summed E-state index contributed by atoms with van der Waals surface area (Å²) in [6.07, 6.45) is 0. The highest BCUT2D eigenvalue weighted by molar-refractivity contribution is 6.31. The summed E-state index contributed by atoms with van der Waals surface area (Å²) in [4.78, 5) is 27.0. The zero-order valence-electron chi connectivity index (χ0n) is 12.1. The number of nitrogens with zero attached hydrogens (tertiary/aromatic N) is 2. The number of carbonyl (C=O) groups excluding carboxylic acids is 2. The number of amides is 2. The molecule has 1 saturated heterocycles. The monoisotopic (exact) mass is 309 g/mol. The van der Waals surface area contributed by atoms with E-state index in [-0.39, 0.29) is 11.8 Å². The summed E-state index contributed by atoms with van der Waals surface area (Å²) in [6, 6.07) is 7.47. The zero-order chi connectivity index (χ0) is 15.2. The van der Waals surface area contributed by atoms with Crippen LogP contribution in [0.3, 0.4) is 0 Å². The molecule has 0 unspecified atom stereocenters. The van der Waals surface area contributed by atoms with Crippen LogP contribution in [0.4, 0.5) is 0 Å². The van der Waals surface area contributed by atoms with Crippen molar-refractivity contribution in [2.24, 2.45) is 0 Å². The number of nitrogens with one attached hydrogen (secondary N) is 1. The SMILES string of the molecule is CC(=O)N1CCN(CC(=O)NCc2ccccc2Cl)CC1. The maximum absolute atomic E-state index is 11.9. The lowest BCUT2D eigenvalue weighted by atomic mass is 10.2. The quantitative estimate of drug-likeness (QED) is 0.907. The lowest BCUT2D eigenvalue weighted by Crippen LogP contribution is -2.50. The van der Waals surface area contributed by atoms with Crippen molar-refractivity contribution in [3.8, 4) is 0 Å². The molecule has 0 aromatic heterocycles. The standard InChI is InChI=1S/C15H20ClN3O2/c1-12(20)19-8-6-18(7-9-19)11-15(21)17-10-13-4-2-3-5-14(13)16/h2-5H,6-11H2,1H3,(H,17,21). The first kappa shape index (κ1) is 15.8. The van der Waals surface area contributed by atoms with Crippen LogP contribution >= 0.6 is 11.6 Å². The molecule has 1 fully saturated rings. The molecule has 0 bridgehead atoms. The Balaban J connectivity index is 1.73. The minimum Gasteiger partial charge on any atom is -0.351 e. The topological polar surface area (TPSA) is 52.7 Å². The Hall–Kier alpha value is -1.59. The van der Waals surface area contributed by atoms with Gasteiger partial charge < -0.3 is 10.2 Å². The van der Waals surface area contributed by atoms with E-state index in [1.54, 1.807) is 11.8 Å². The van der Waals surface area contributed by atoms with E-state index in [9.17, 15) is 9.59 Å². The molecule has 2 amide bonds. The molecule has 1 heterocycles. The van der Waals surface area contributed by atoms with Crippen molar-refractivity contribution in [1.82, 2.24) is 15.1 Å². The second kappa shape index (κ2) is 7.43. The van der Waals surface area contributed by atoms with Crippen LogP contribution in [-0.2, 0) is 16.1 Å². The third kappa shape index (κ3) is 4.72. The van der Waals surface area contributed by atoms with Crippen LogP contribution in [0.2, 0.25) is 5.02 Å². The van der Waals surface area contributed by atoms with E-state index in [1.807, 2.05) is 24.3 Å². The zero-order valence-corrected chi connectivity index (χ0v) is 12.9. The summed E-state index contributed by atoms with van der Waals surface area (Å²) in [5, 5.41) is 3.54. The molecule has 1 aliphatic rings. The van der Waals surface area contributed by atoms with E-state index in [0.29, 0.717) is 31.2 Å². The summed E-state index contributed by atoms with van der Waals surface area (Å²) in [5.74, 6) is 0.0732. The minimum absolute atomic E-state index is 0.0220. The first-order valence-electron chi connectivity index (χ1n) is 7.04. The number of carbonyl (C=O) groups is 2. The number of benzene rings is 1. The molecule has 1 aromatic rings. The number of rotatable bonds is 4. The van der Waals surface area contributed by atoms with E-state index in [4.69, 9.17) is 11.6 Å². The molecule has 5 nitrogen and oxygen atoms in total. The Kier molecular flexibility index (Phi) is 5.59. The average molecular weight is 310 g/mol. The van der Waals surface area contributed by atoms with Crippen LogP contribution in [0, 0.1) is 0 Å². The highest BCUT2D eigenvalue weighted by Gasteiger charge is 2.20. The average Bonchev–Trinajstić information content (AvgIpc) is 2.47. The number of halogens is 1. The van der Waals surface area contributed by atoms with Gasteiger partial charge in [-0.25, -0.2) is 0 Å². The number of hydrogen-bond acceptors (Lipinski definition) is 3. The summed E-state index contributed by atoms with van der Waals surface area (Å²) < 4.78 is 0. The van der Waals surface area contributed by atoms with Gasteiger partial charge in [0.05, 0.1) is 6.54 Å². The molecular formula is C15H20ClN3O2. The van der Waals surface area contributed by atoms with Gasteiger partial charge in [0.1, 0.15) is 0 Å². The molecule has 0 saturated carbocycles. The smallest absolute Gasteiger partial charge is 0.234 e. The first-order chi connectivity index (χ1) is 10.1. The highest BCUT2D eigenvalue weighted by atomic mass is 35.5. The first-order valence-corrected chi connectivity index (χ1v) is 7.42. The van der Waals surface area contributed by atoms with Crippen molar-refractivity contribution in [2.75, 3.05) is 32.7 Å². The third-order valence-corrected chi connectivity index (χ3v) is 3.99. The van der Waals surface area contributed by atoms with Gasteiger partial charge in [-0.1, -0.05) is 29.8 Å². The maximum Gasteiger partial charge on any atom is 0.234 e. The molecule has 0 aliphatic carbocycles. The lowest BCUT2D eigenvalue weighted by molar-refractivity contribution is -0.131. The fraction of sp³-hybridized carbons (Fsp3) is 0.467. The van der Waals surface area contributed by atoms with Gasteiger partial charge in [-0.2, -0.15) is 0 Å². The highest BCUT2D eigenvalue weighted by Crippen LogP contribution is 2.14. The number of piperazine rings is 1. The van der Waals surface area contributed by atoms with Gasteiger partial charge in [0.25, 0.3) is 0 Å². The van der Waals surface area contributed by atoms with Gasteiger partial charge in [-0.3, -0.25) is 14.5 Å². The molecule has 2 rings (SSSR count). The molecular weight excluding hydrogens is 290 g/mol. The van der Waals surface area contributed by atoms with Gasteiger partial charge in [0, 0.05) is 44.7 Å². The summed E-state index contributed by atoms with van der Waals surface area (Å²) in [7, 11) is 0. The van der Waals surface area contributed by atoms with E-state index in [0.717, 1.165) is 18.7 Å². The van der Waals surface area contributed by atoms with Crippen molar-refractivity contribution in [3.63, 3.8) is 0 Å². The largest absolute Gasteiger partial charge is 0.351 e. The van der Waals surface area contributed by atoms with Gasteiger partial charge >= 0.3 is 0 Å². The molecule has 114 valence electrons. The minimum atomic E-state index is -0.0220. The molecule has 0 atom stereocenters. The molecule has 21 heavy (non-hydrogen) atoms. The van der Waals surface area contributed by atoms with Crippen LogP contribution in [0.25, 0.3) is 0 Å². The van der Waals surface area contributed by atoms with Crippen LogP contribution in [0.15, 0.2) is 24.3 Å². The number of hydrogen-bond donors (Lipinski definition) is 1. The molecule has 1 aromatic carbocycles. The van der Waals surface area contributed by atoms with Crippen LogP contribution in [0.5, 0.6) is 0 Å². The molecule has 0 spiro atoms. The van der Waals surface area contributed by atoms with Crippen molar-refractivity contribution < 1.29 is 9.59 Å². The lowest BCUT2D eigenvalue weighted by Gasteiger charge is -2.33. The normalized spacial score (nSPS) is 15.8. The summed E-state index contributed by atoms with van der Waals surface area (Å²) in [6.45, 7) is 5.21. The Morgan fingerprint density at radius 3 is 2.48 bits per heavy atom. The van der Waals surface area contributed by atoms with Crippen molar-refractivity contribution >= 4 is 23.4 Å². The maximum atomic E-state index is 11.9. The molecule has 1 N–H and O–H groups in total. The Morgan fingerprint density at radius 1 is 1.19 bits per heavy atom. The Labute approximate surface area is 129 Å². The second-order valence-electron chi connectivity index (χ2n) is 5.15. The van der Waals surface area contributed by atoms with Crippen LogP contribution in [-0.4, -0.2) is 54.3 Å². The van der Waals surface area contributed by atoms with E-state index < -0.39 is 0 Å². The van der Waals surface area contributed by atoms with Crippen molar-refractivity contribution in [2.45, 2.75) is 13.5 Å². The van der Waals surface area contributed by atoms with Crippen molar-refractivity contribution in [1.29, 1.82) is 0 Å². The predicted octanol–water partition coefficient (Wildman–Crippen LogP) is 1.12. The summed E-state index contributed by atoms with van der Waals surface area (Å²) >= 11 is 6.05. The predicted molar refractivity (Wildman–Crippen MR) is 82.0 cm³/mol. The van der Waals surface area contributed by atoms with Crippen LogP contribution < -0.4 is 5.32 Å². The molecule has 6 heteroatoms. The molecule has 1 aliphatic heterocycles. The van der Waals surface area contributed by atoms with Gasteiger partial charge in [-0.05, 0) is 11.6 Å². The summed E-state index contributed by atoms with van der Waals surface area (Å²) in [5.41, 5.74) is 0.911. The Bertz CT molecular complexity index is 513. The fourth-order valence-corrected chi connectivity index (χ4v) is 2.52. The molecule has 0 radical (unpaired) electrons. The van der Waals surface area contributed by atoms with E-state index in [1.165, 1.54) is 0 Å². The van der Waals surface area contributed by atoms with Gasteiger partial charge in [-0.15, -0.1) is 0 Å². The third-order valence-electron chi connectivity index (χ3n) is 3.62. The van der Waals surface area contributed by atoms with Crippen LogP contribution in [0.1, 0.15) is 12.5 Å². The van der Waals surface area contributed by atoms with Gasteiger partial charge in [0.2, 0.25) is 11.8 Å². The van der Waals surface area contributed by atoms with E-state index in [2.05, 4.69) is 10.2 Å². The Morgan fingerprint density at radius 2 is 1.86 bits per heavy atom.